The summed E-state index contributed by atoms with van der Waals surface area (Å²) in [5.41, 5.74) is 5.39. The molecule has 0 aromatic heterocycles. The van der Waals surface area contributed by atoms with E-state index in [0.717, 1.165) is 70.6 Å². The molecule has 3 N–H and O–H groups in total. The number of esters is 2. The first-order valence-corrected chi connectivity index (χ1v) is 33.5. The lowest BCUT2D eigenvalue weighted by molar-refractivity contribution is -0.161. The monoisotopic (exact) mass is 1060 g/mol. The molecule has 2 unspecified atom stereocenters. The maximum absolute atomic E-state index is 12.7. The van der Waals surface area contributed by atoms with Crippen LogP contribution in [0.2, 0.25) is 0 Å². The Bertz CT molecular complexity index is 1310. The molecule has 0 aliphatic rings. The van der Waals surface area contributed by atoms with E-state index in [1.165, 1.54) is 225 Å². The minimum atomic E-state index is -4.39. The van der Waals surface area contributed by atoms with Gasteiger partial charge < -0.3 is 20.1 Å². The molecule has 74 heavy (non-hydrogen) atoms. The van der Waals surface area contributed by atoms with Gasteiger partial charge in [-0.15, -0.1) is 0 Å². The number of phosphoric ester groups is 1. The summed E-state index contributed by atoms with van der Waals surface area (Å²) in [5, 5.41) is 0. The number of ether oxygens (including phenoxy) is 2. The van der Waals surface area contributed by atoms with Crippen LogP contribution in [0.25, 0.3) is 0 Å². The molecule has 0 fully saturated rings. The van der Waals surface area contributed by atoms with Crippen molar-refractivity contribution in [1.29, 1.82) is 0 Å². The number of allylic oxidation sites excluding steroid dienone is 6. The van der Waals surface area contributed by atoms with Crippen LogP contribution in [0.5, 0.6) is 0 Å². The molecule has 0 amide bonds. The zero-order chi connectivity index (χ0) is 53.8. The molecule has 0 saturated heterocycles. The molecule has 0 rings (SSSR count). The molecule has 9 nitrogen and oxygen atoms in total. The van der Waals surface area contributed by atoms with Gasteiger partial charge in [-0.1, -0.05) is 301 Å². The van der Waals surface area contributed by atoms with E-state index < -0.39 is 26.5 Å². The number of carbonyl (C=O) groups is 2. The first-order valence-electron chi connectivity index (χ1n) is 32.0. The molecule has 0 aliphatic heterocycles. The van der Waals surface area contributed by atoms with Gasteiger partial charge in [0, 0.05) is 19.4 Å². The van der Waals surface area contributed by atoms with E-state index in [2.05, 4.69) is 50.3 Å². The van der Waals surface area contributed by atoms with Gasteiger partial charge >= 0.3 is 19.8 Å². The predicted molar refractivity (Wildman–Crippen MR) is 317 cm³/mol. The fourth-order valence-electron chi connectivity index (χ4n) is 9.53. The fraction of sp³-hybridized carbons (Fsp3) is 0.875. The van der Waals surface area contributed by atoms with Crippen LogP contribution in [0.3, 0.4) is 0 Å². The van der Waals surface area contributed by atoms with Gasteiger partial charge in [-0.3, -0.25) is 18.6 Å². The van der Waals surface area contributed by atoms with Gasteiger partial charge in [0.25, 0.3) is 0 Å². The van der Waals surface area contributed by atoms with Crippen molar-refractivity contribution < 1.29 is 37.6 Å². The van der Waals surface area contributed by atoms with Crippen molar-refractivity contribution in [2.75, 3.05) is 26.4 Å². The normalized spacial score (nSPS) is 13.2. The van der Waals surface area contributed by atoms with Gasteiger partial charge in [0.1, 0.15) is 6.61 Å². The fourth-order valence-corrected chi connectivity index (χ4v) is 10.3. The summed E-state index contributed by atoms with van der Waals surface area (Å²) in [4.78, 5) is 35.2. The van der Waals surface area contributed by atoms with Crippen LogP contribution >= 0.6 is 7.82 Å². The Morgan fingerprint density at radius 1 is 0.405 bits per heavy atom. The zero-order valence-electron chi connectivity index (χ0n) is 48.8. The van der Waals surface area contributed by atoms with E-state index in [1.54, 1.807) is 0 Å². The average Bonchev–Trinajstić information content (AvgIpc) is 3.39. The van der Waals surface area contributed by atoms with E-state index >= 15 is 0 Å². The molecular weight excluding hydrogens is 942 g/mol. The molecule has 0 heterocycles. The van der Waals surface area contributed by atoms with E-state index in [9.17, 15) is 19.0 Å². The second-order valence-corrected chi connectivity index (χ2v) is 23.1. The Balaban J connectivity index is 3.86. The summed E-state index contributed by atoms with van der Waals surface area (Å²) in [6.07, 6.45) is 73.7. The number of carbonyl (C=O) groups excluding carboxylic acids is 2. The van der Waals surface area contributed by atoms with Crippen molar-refractivity contribution in [3.8, 4) is 0 Å². The standard InChI is InChI=1S/C64H122NO8P/c1-3-5-7-9-11-13-15-17-19-21-23-25-26-27-28-29-30-31-32-33-34-35-37-38-40-42-44-46-48-50-52-54-56-63(66)70-60-62(61-72-74(68,69)71-59-58-65)73-64(67)57-55-53-51-49-47-45-43-41-39-36-24-22-20-18-16-14-12-10-8-6-4-2/h16,18,22,24,39,41,62H,3-15,17,19-21,23,25-38,40,42-61,65H2,1-2H3,(H,68,69)/b18-16-,24-22-,41-39-. The summed E-state index contributed by atoms with van der Waals surface area (Å²) >= 11 is 0. The first kappa shape index (κ1) is 72.2. The Morgan fingerprint density at radius 2 is 0.703 bits per heavy atom. The van der Waals surface area contributed by atoms with Crippen LogP contribution in [-0.2, 0) is 32.7 Å². The van der Waals surface area contributed by atoms with Gasteiger partial charge in [0.15, 0.2) is 6.10 Å². The van der Waals surface area contributed by atoms with Crippen molar-refractivity contribution in [2.45, 2.75) is 335 Å². The van der Waals surface area contributed by atoms with E-state index in [1.807, 2.05) is 0 Å². The van der Waals surface area contributed by atoms with E-state index in [0.29, 0.717) is 6.42 Å². The highest BCUT2D eigenvalue weighted by atomic mass is 31.2. The summed E-state index contributed by atoms with van der Waals surface area (Å²) in [7, 11) is -4.39. The third-order valence-corrected chi connectivity index (χ3v) is 15.3. The summed E-state index contributed by atoms with van der Waals surface area (Å²) in [6, 6.07) is 0. The molecule has 10 heteroatoms. The Hall–Kier alpha value is -1.77. The molecule has 2 atom stereocenters. The molecule has 0 aromatic rings. The highest BCUT2D eigenvalue weighted by molar-refractivity contribution is 7.47. The molecule has 0 bridgehead atoms. The van der Waals surface area contributed by atoms with Gasteiger partial charge in [-0.25, -0.2) is 4.57 Å². The molecule has 0 aliphatic carbocycles. The van der Waals surface area contributed by atoms with Gasteiger partial charge in [-0.05, 0) is 51.4 Å². The Morgan fingerprint density at radius 3 is 1.04 bits per heavy atom. The Kier molecular flexibility index (Phi) is 59.0. The van der Waals surface area contributed by atoms with Crippen LogP contribution in [0.15, 0.2) is 36.5 Å². The highest BCUT2D eigenvalue weighted by Gasteiger charge is 2.26. The lowest BCUT2D eigenvalue weighted by Gasteiger charge is -2.19. The third-order valence-electron chi connectivity index (χ3n) is 14.3. The first-order chi connectivity index (χ1) is 36.3. The predicted octanol–water partition coefficient (Wildman–Crippen LogP) is 20.4. The third kappa shape index (κ3) is 59.5. The van der Waals surface area contributed by atoms with Crippen LogP contribution in [0, 0.1) is 0 Å². The smallest absolute Gasteiger partial charge is 0.462 e. The average molecular weight is 1060 g/mol. The lowest BCUT2D eigenvalue weighted by atomic mass is 10.0. The van der Waals surface area contributed by atoms with Crippen molar-refractivity contribution in [2.24, 2.45) is 5.73 Å². The highest BCUT2D eigenvalue weighted by Crippen LogP contribution is 2.43. The number of hydrogen-bond acceptors (Lipinski definition) is 8. The SMILES string of the molecule is CCCCCCC/C=C\C/C=C\C/C=C\CCCCCCCCC(=O)OC(COC(=O)CCCCCCCCCCCCCCCCCCCCCCCCCCCCCCCCCC)COP(=O)(O)OCCN. The number of rotatable bonds is 61. The minimum absolute atomic E-state index is 0.0520. The second-order valence-electron chi connectivity index (χ2n) is 21.6. The summed E-state index contributed by atoms with van der Waals surface area (Å²) in [5.74, 6) is -0.827. The molecular formula is C64H122NO8P. The zero-order valence-corrected chi connectivity index (χ0v) is 49.7. The van der Waals surface area contributed by atoms with Crippen LogP contribution in [0.4, 0.5) is 0 Å². The maximum atomic E-state index is 12.7. The lowest BCUT2D eigenvalue weighted by Crippen LogP contribution is -2.29. The largest absolute Gasteiger partial charge is 0.472 e. The molecule has 0 saturated carbocycles. The summed E-state index contributed by atoms with van der Waals surface area (Å²) in [6.45, 7) is 3.77. The number of hydrogen-bond donors (Lipinski definition) is 2. The maximum Gasteiger partial charge on any atom is 0.472 e. The number of nitrogens with two attached hydrogens (primary N) is 1. The molecule has 0 radical (unpaired) electrons. The Labute approximate surface area is 458 Å². The van der Waals surface area contributed by atoms with Crippen molar-refractivity contribution in [3.05, 3.63) is 36.5 Å². The van der Waals surface area contributed by atoms with Gasteiger partial charge in [-0.2, -0.15) is 0 Å². The van der Waals surface area contributed by atoms with Crippen molar-refractivity contribution in [1.82, 2.24) is 0 Å². The molecule has 436 valence electrons. The van der Waals surface area contributed by atoms with Crippen molar-refractivity contribution in [3.63, 3.8) is 0 Å². The van der Waals surface area contributed by atoms with Gasteiger partial charge in [0.05, 0.1) is 13.2 Å². The number of phosphoric acid groups is 1. The molecule has 0 aromatic carbocycles. The molecule has 0 spiro atoms. The van der Waals surface area contributed by atoms with Crippen molar-refractivity contribution >= 4 is 19.8 Å². The van der Waals surface area contributed by atoms with E-state index in [4.69, 9.17) is 24.3 Å². The van der Waals surface area contributed by atoms with Crippen LogP contribution < -0.4 is 5.73 Å². The minimum Gasteiger partial charge on any atom is -0.462 e. The van der Waals surface area contributed by atoms with Crippen LogP contribution in [0.1, 0.15) is 328 Å². The topological polar surface area (TPSA) is 134 Å². The number of unbranched alkanes of at least 4 members (excludes halogenated alkanes) is 42. The second kappa shape index (κ2) is 60.5. The quantitative estimate of drug-likeness (QED) is 0.0264. The summed E-state index contributed by atoms with van der Waals surface area (Å²) < 4.78 is 33.1. The van der Waals surface area contributed by atoms with E-state index in [-0.39, 0.29) is 38.6 Å². The van der Waals surface area contributed by atoms with Gasteiger partial charge in [0.2, 0.25) is 0 Å². The van der Waals surface area contributed by atoms with Crippen LogP contribution in [-0.4, -0.2) is 49.3 Å².